The molecule has 0 unspecified atom stereocenters. The molecule has 2 N–H and O–H groups in total. The molecule has 2 aromatic rings. The van der Waals surface area contributed by atoms with E-state index >= 15 is 0 Å². The lowest BCUT2D eigenvalue weighted by molar-refractivity contribution is 0.0944. The summed E-state index contributed by atoms with van der Waals surface area (Å²) < 4.78 is 11.3. The van der Waals surface area contributed by atoms with Gasteiger partial charge in [-0.3, -0.25) is 4.79 Å². The molecule has 0 aliphatic heterocycles. The van der Waals surface area contributed by atoms with Gasteiger partial charge in [0.1, 0.15) is 11.5 Å². The molecular weight excluding hydrogens is 296 g/mol. The van der Waals surface area contributed by atoms with Crippen molar-refractivity contribution in [3.05, 3.63) is 47.7 Å². The van der Waals surface area contributed by atoms with Gasteiger partial charge in [0.25, 0.3) is 5.91 Å². The molecule has 0 aliphatic carbocycles. The first-order valence-electron chi connectivity index (χ1n) is 7.47. The Labute approximate surface area is 135 Å². The summed E-state index contributed by atoms with van der Waals surface area (Å²) in [5.41, 5.74) is 0.423. The molecule has 0 saturated heterocycles. The van der Waals surface area contributed by atoms with Gasteiger partial charge in [0.2, 0.25) is 5.89 Å². The molecule has 2 rings (SSSR count). The second-order valence-corrected chi connectivity index (χ2v) is 6.16. The van der Waals surface area contributed by atoms with E-state index in [9.17, 15) is 4.79 Å². The van der Waals surface area contributed by atoms with Gasteiger partial charge in [-0.15, -0.1) is 0 Å². The van der Waals surface area contributed by atoms with Crippen LogP contribution < -0.4 is 10.1 Å². The van der Waals surface area contributed by atoms with Gasteiger partial charge in [0, 0.05) is 17.5 Å². The number of oxazole rings is 1. The summed E-state index contributed by atoms with van der Waals surface area (Å²) in [5, 5.41) is 11.3. The van der Waals surface area contributed by atoms with Crippen molar-refractivity contribution < 1.29 is 19.1 Å². The van der Waals surface area contributed by atoms with Crippen molar-refractivity contribution in [3.63, 3.8) is 0 Å². The van der Waals surface area contributed by atoms with Gasteiger partial charge in [0.05, 0.1) is 12.8 Å². The average molecular weight is 318 g/mol. The molecule has 0 fully saturated rings. The first-order chi connectivity index (χ1) is 10.9. The van der Waals surface area contributed by atoms with E-state index in [1.165, 1.54) is 0 Å². The van der Waals surface area contributed by atoms with Crippen LogP contribution >= 0.6 is 0 Å². The van der Waals surface area contributed by atoms with Gasteiger partial charge in [0.15, 0.2) is 6.61 Å². The summed E-state index contributed by atoms with van der Waals surface area (Å²) >= 11 is 0. The Bertz CT molecular complexity index is 641. The third-order valence-electron chi connectivity index (χ3n) is 3.17. The second kappa shape index (κ2) is 7.28. The fraction of sp³-hybridized carbons (Fsp3) is 0.412. The van der Waals surface area contributed by atoms with Gasteiger partial charge < -0.3 is 19.6 Å². The molecule has 0 atom stereocenters. The van der Waals surface area contributed by atoms with Crippen LogP contribution in [0, 0.1) is 0 Å². The minimum atomic E-state index is -0.229. The van der Waals surface area contributed by atoms with Gasteiger partial charge in [-0.05, 0) is 24.3 Å². The Balaban J connectivity index is 1.91. The summed E-state index contributed by atoms with van der Waals surface area (Å²) in [7, 11) is 0. The number of nitrogens with zero attached hydrogens (tertiary/aromatic N) is 1. The van der Waals surface area contributed by atoms with Gasteiger partial charge in [-0.1, -0.05) is 20.8 Å². The molecule has 1 aromatic heterocycles. The van der Waals surface area contributed by atoms with Crippen molar-refractivity contribution in [2.24, 2.45) is 0 Å². The molecule has 6 heteroatoms. The van der Waals surface area contributed by atoms with Crippen LogP contribution in [0.25, 0.3) is 0 Å². The molecule has 23 heavy (non-hydrogen) atoms. The first kappa shape index (κ1) is 17.0. The fourth-order valence-corrected chi connectivity index (χ4v) is 1.84. The van der Waals surface area contributed by atoms with E-state index in [0.29, 0.717) is 17.2 Å². The molecule has 0 spiro atoms. The Morgan fingerprint density at radius 3 is 2.57 bits per heavy atom. The number of aliphatic hydroxyl groups excluding tert-OH is 1. The number of aliphatic hydroxyl groups is 1. The highest BCUT2D eigenvalue weighted by Crippen LogP contribution is 2.23. The summed E-state index contributed by atoms with van der Waals surface area (Å²) in [6.07, 6.45) is 1.72. The van der Waals surface area contributed by atoms with Crippen molar-refractivity contribution in [3.8, 4) is 5.75 Å². The van der Waals surface area contributed by atoms with Crippen LogP contribution in [0.15, 0.2) is 34.9 Å². The molecule has 1 heterocycles. The lowest BCUT2D eigenvalue weighted by Crippen LogP contribution is -2.26. The Morgan fingerprint density at radius 1 is 1.30 bits per heavy atom. The zero-order valence-corrected chi connectivity index (χ0v) is 13.6. The minimum Gasteiger partial charge on any atom is -0.484 e. The zero-order valence-electron chi connectivity index (χ0n) is 13.6. The van der Waals surface area contributed by atoms with Crippen LogP contribution in [0.2, 0.25) is 0 Å². The maximum absolute atomic E-state index is 11.7. The number of amides is 1. The van der Waals surface area contributed by atoms with E-state index in [4.69, 9.17) is 14.3 Å². The predicted molar refractivity (Wildman–Crippen MR) is 85.4 cm³/mol. The van der Waals surface area contributed by atoms with Gasteiger partial charge in [-0.25, -0.2) is 4.98 Å². The highest BCUT2D eigenvalue weighted by atomic mass is 16.5. The van der Waals surface area contributed by atoms with Crippen molar-refractivity contribution in [1.29, 1.82) is 0 Å². The second-order valence-electron chi connectivity index (χ2n) is 6.16. The molecular formula is C17H22N2O4. The van der Waals surface area contributed by atoms with Crippen LogP contribution in [-0.2, 0) is 12.0 Å². The largest absolute Gasteiger partial charge is 0.484 e. The third kappa shape index (κ3) is 4.82. The quantitative estimate of drug-likeness (QED) is 0.853. The topological polar surface area (TPSA) is 84.6 Å². The molecule has 6 nitrogen and oxygen atoms in total. The van der Waals surface area contributed by atoms with E-state index in [1.807, 2.05) is 0 Å². The van der Waals surface area contributed by atoms with E-state index in [2.05, 4.69) is 31.1 Å². The van der Waals surface area contributed by atoms with E-state index in [1.54, 1.807) is 30.5 Å². The van der Waals surface area contributed by atoms with Crippen molar-refractivity contribution in [2.45, 2.75) is 32.8 Å². The monoisotopic (exact) mass is 318 g/mol. The molecule has 0 radical (unpaired) electrons. The number of aromatic nitrogens is 1. The molecule has 0 aliphatic rings. The number of hydrogen-bond donors (Lipinski definition) is 2. The van der Waals surface area contributed by atoms with E-state index in [0.717, 1.165) is 5.76 Å². The van der Waals surface area contributed by atoms with Crippen LogP contribution in [0.3, 0.4) is 0 Å². The number of nitrogens with one attached hydrogen (secondary N) is 1. The molecule has 0 bridgehead atoms. The molecule has 0 saturated carbocycles. The molecule has 1 aromatic carbocycles. The van der Waals surface area contributed by atoms with Crippen LogP contribution in [-0.4, -0.2) is 29.1 Å². The van der Waals surface area contributed by atoms with Crippen molar-refractivity contribution in [2.75, 3.05) is 13.2 Å². The van der Waals surface area contributed by atoms with E-state index in [-0.39, 0.29) is 31.1 Å². The van der Waals surface area contributed by atoms with Crippen molar-refractivity contribution >= 4 is 5.91 Å². The number of benzene rings is 1. The van der Waals surface area contributed by atoms with E-state index < -0.39 is 0 Å². The lowest BCUT2D eigenvalue weighted by Gasteiger charge is -2.13. The Kier molecular flexibility index (Phi) is 5.39. The standard InChI is InChI=1S/C17H22N2O4/c1-17(2,3)14-10-19-15(23-14)11-22-13-6-4-12(5-7-13)16(21)18-8-9-20/h4-7,10,20H,8-9,11H2,1-3H3,(H,18,21). The van der Waals surface area contributed by atoms with Crippen molar-refractivity contribution in [1.82, 2.24) is 10.3 Å². The maximum atomic E-state index is 11.7. The summed E-state index contributed by atoms with van der Waals surface area (Å²) in [6.45, 7) is 6.54. The Morgan fingerprint density at radius 2 is 2.00 bits per heavy atom. The summed E-state index contributed by atoms with van der Waals surface area (Å²) in [6, 6.07) is 6.75. The SMILES string of the molecule is CC(C)(C)c1cnc(COc2ccc(C(=O)NCCO)cc2)o1. The highest BCUT2D eigenvalue weighted by Gasteiger charge is 2.19. The van der Waals surface area contributed by atoms with Crippen LogP contribution in [0.5, 0.6) is 5.75 Å². The number of hydrogen-bond acceptors (Lipinski definition) is 5. The fourth-order valence-electron chi connectivity index (χ4n) is 1.84. The Hall–Kier alpha value is -2.34. The van der Waals surface area contributed by atoms with Gasteiger partial charge >= 0.3 is 0 Å². The molecule has 1 amide bonds. The smallest absolute Gasteiger partial charge is 0.251 e. The average Bonchev–Trinajstić information content (AvgIpc) is 3.00. The number of carbonyl (C=O) groups is 1. The van der Waals surface area contributed by atoms with Gasteiger partial charge in [-0.2, -0.15) is 0 Å². The number of ether oxygens (including phenoxy) is 1. The summed E-state index contributed by atoms with van der Waals surface area (Å²) in [4.78, 5) is 15.9. The highest BCUT2D eigenvalue weighted by molar-refractivity contribution is 5.94. The maximum Gasteiger partial charge on any atom is 0.251 e. The lowest BCUT2D eigenvalue weighted by atomic mass is 9.94. The van der Waals surface area contributed by atoms with Crippen LogP contribution in [0.1, 0.15) is 42.8 Å². The molecule has 124 valence electrons. The first-order valence-corrected chi connectivity index (χ1v) is 7.47. The normalized spacial score (nSPS) is 11.3. The number of carbonyl (C=O) groups excluding carboxylic acids is 1. The predicted octanol–water partition coefficient (Wildman–Crippen LogP) is 2.27. The minimum absolute atomic E-state index is 0.0837. The number of rotatable bonds is 6. The summed E-state index contributed by atoms with van der Waals surface area (Å²) in [5.74, 6) is 1.72. The van der Waals surface area contributed by atoms with Crippen LogP contribution in [0.4, 0.5) is 0 Å². The third-order valence-corrected chi connectivity index (χ3v) is 3.17. The zero-order chi connectivity index (χ0) is 16.9.